The predicted molar refractivity (Wildman–Crippen MR) is 92.1 cm³/mol. The highest BCUT2D eigenvalue weighted by Gasteiger charge is 2.43. The van der Waals surface area contributed by atoms with E-state index in [-0.39, 0.29) is 10.8 Å². The Labute approximate surface area is 157 Å². The Morgan fingerprint density at radius 2 is 1.96 bits per heavy atom. The molecule has 1 aliphatic carbocycles. The molecule has 0 aliphatic heterocycles. The Morgan fingerprint density at radius 3 is 2.48 bits per heavy atom. The molecule has 0 bridgehead atoms. The van der Waals surface area contributed by atoms with Gasteiger partial charge in [-0.3, -0.25) is 9.59 Å². The first kappa shape index (κ1) is 20.8. The third-order valence-electron chi connectivity index (χ3n) is 4.26. The molecule has 1 atom stereocenters. The van der Waals surface area contributed by atoms with Gasteiger partial charge < -0.3 is 10.1 Å². The quantitative estimate of drug-likeness (QED) is 0.649. The maximum atomic E-state index is 12.9. The number of amides is 1. The number of nitrogens with zero attached hydrogens (tertiary/aromatic N) is 2. The van der Waals surface area contributed by atoms with Crippen LogP contribution >= 0.6 is 0 Å². The lowest BCUT2D eigenvalue weighted by Gasteiger charge is -2.22. The maximum absolute atomic E-state index is 12.9. The van der Waals surface area contributed by atoms with Crippen molar-refractivity contribution in [1.29, 1.82) is 5.26 Å². The first-order valence-corrected chi connectivity index (χ1v) is 9.62. The Morgan fingerprint density at radius 1 is 1.37 bits per heavy atom. The smallest absolute Gasteiger partial charge is 0.321 e. The molecule has 0 radical (unpaired) electrons. The van der Waals surface area contributed by atoms with E-state index in [1.165, 1.54) is 7.05 Å². The average molecular weight is 397 g/mol. The summed E-state index contributed by atoms with van der Waals surface area (Å²) in [5.74, 6) is -2.07. The number of carbonyl (C=O) groups is 2. The van der Waals surface area contributed by atoms with Crippen LogP contribution in [0.15, 0.2) is 29.2 Å². The van der Waals surface area contributed by atoms with Gasteiger partial charge in [0.05, 0.1) is 11.0 Å². The number of rotatable bonds is 8. The number of halogens is 1. The number of sulfonamides is 1. The second-order valence-corrected chi connectivity index (χ2v) is 8.56. The summed E-state index contributed by atoms with van der Waals surface area (Å²) in [5, 5.41) is 11.7. The molecule has 0 unspecified atom stereocenters. The van der Waals surface area contributed by atoms with E-state index < -0.39 is 46.4 Å². The maximum Gasteiger partial charge on any atom is 0.321 e. The number of likely N-dealkylation sites (N-methyl/N-ethyl adjacent to an activating group) is 1. The molecule has 1 aliphatic rings. The minimum Gasteiger partial charge on any atom is -0.455 e. The lowest BCUT2D eigenvalue weighted by Crippen LogP contribution is -2.48. The molecule has 27 heavy (non-hydrogen) atoms. The zero-order valence-corrected chi connectivity index (χ0v) is 15.8. The molecule has 1 saturated carbocycles. The summed E-state index contributed by atoms with van der Waals surface area (Å²) in [6, 6.07) is 6.21. The summed E-state index contributed by atoms with van der Waals surface area (Å²) in [7, 11) is -2.84. The van der Waals surface area contributed by atoms with Crippen molar-refractivity contribution in [2.45, 2.75) is 30.2 Å². The first-order chi connectivity index (χ1) is 12.6. The average Bonchev–Trinajstić information content (AvgIpc) is 3.45. The molecule has 1 aromatic carbocycles. The van der Waals surface area contributed by atoms with Crippen LogP contribution in [0.1, 0.15) is 19.8 Å². The van der Waals surface area contributed by atoms with Crippen molar-refractivity contribution in [2.75, 3.05) is 20.2 Å². The van der Waals surface area contributed by atoms with Crippen LogP contribution in [0.2, 0.25) is 0 Å². The van der Waals surface area contributed by atoms with Gasteiger partial charge in [0.2, 0.25) is 10.0 Å². The minimum absolute atomic E-state index is 0.0779. The van der Waals surface area contributed by atoms with Crippen LogP contribution in [0.3, 0.4) is 0 Å². The summed E-state index contributed by atoms with van der Waals surface area (Å²) >= 11 is 0. The molecular weight excluding hydrogens is 377 g/mol. The van der Waals surface area contributed by atoms with Gasteiger partial charge >= 0.3 is 5.97 Å². The number of nitrogens with one attached hydrogen (secondary N) is 1. The highest BCUT2D eigenvalue weighted by molar-refractivity contribution is 7.89. The van der Waals surface area contributed by atoms with Gasteiger partial charge in [-0.05, 0) is 49.9 Å². The van der Waals surface area contributed by atoms with Crippen LogP contribution in [-0.4, -0.2) is 50.3 Å². The lowest BCUT2D eigenvalue weighted by atomic mass is 9.98. The zero-order chi connectivity index (χ0) is 20.2. The van der Waals surface area contributed by atoms with Crippen molar-refractivity contribution < 1.29 is 27.1 Å². The van der Waals surface area contributed by atoms with E-state index in [2.05, 4.69) is 5.32 Å². The number of benzene rings is 1. The highest BCUT2D eigenvalue weighted by Crippen LogP contribution is 2.39. The molecule has 1 fully saturated rings. The van der Waals surface area contributed by atoms with Gasteiger partial charge in [0, 0.05) is 7.05 Å². The second-order valence-electron chi connectivity index (χ2n) is 6.51. The molecule has 2 rings (SSSR count). The zero-order valence-electron chi connectivity index (χ0n) is 14.9. The van der Waals surface area contributed by atoms with Crippen LogP contribution in [0, 0.1) is 23.1 Å². The third-order valence-corrected chi connectivity index (χ3v) is 6.08. The highest BCUT2D eigenvalue weighted by atomic mass is 32.2. The largest absolute Gasteiger partial charge is 0.455 e. The van der Waals surface area contributed by atoms with Gasteiger partial charge in [0.15, 0.2) is 6.61 Å². The van der Waals surface area contributed by atoms with Crippen LogP contribution in [0.5, 0.6) is 0 Å². The number of nitriles is 1. The van der Waals surface area contributed by atoms with E-state index in [1.54, 1.807) is 6.92 Å². The molecule has 146 valence electrons. The normalized spacial score (nSPS) is 16.3. The summed E-state index contributed by atoms with van der Waals surface area (Å²) in [5.41, 5.74) is -1.01. The first-order valence-electron chi connectivity index (χ1n) is 8.18. The van der Waals surface area contributed by atoms with Crippen LogP contribution < -0.4 is 5.32 Å². The van der Waals surface area contributed by atoms with Gasteiger partial charge in [-0.1, -0.05) is 0 Å². The van der Waals surface area contributed by atoms with Crippen molar-refractivity contribution in [3.63, 3.8) is 0 Å². The van der Waals surface area contributed by atoms with E-state index in [9.17, 15) is 27.7 Å². The van der Waals surface area contributed by atoms with E-state index in [1.807, 2.05) is 6.07 Å². The SMILES string of the molecule is CN(CC(=O)OCC(=O)N[C@](C)(C#N)C1CC1)S(=O)(=O)c1ccc(F)cc1. The van der Waals surface area contributed by atoms with Crippen molar-refractivity contribution >= 4 is 21.9 Å². The fraction of sp³-hybridized carbons (Fsp3) is 0.471. The van der Waals surface area contributed by atoms with Crippen molar-refractivity contribution in [1.82, 2.24) is 9.62 Å². The Bertz CT molecular complexity index is 862. The van der Waals surface area contributed by atoms with Crippen LogP contribution in [0.4, 0.5) is 4.39 Å². The van der Waals surface area contributed by atoms with Gasteiger partial charge in [-0.2, -0.15) is 9.57 Å². The number of carbonyl (C=O) groups excluding carboxylic acids is 2. The molecule has 0 spiro atoms. The molecule has 10 heteroatoms. The minimum atomic E-state index is -4.00. The monoisotopic (exact) mass is 397 g/mol. The number of hydrogen-bond donors (Lipinski definition) is 1. The van der Waals surface area contributed by atoms with E-state index in [0.717, 1.165) is 41.4 Å². The molecule has 0 aromatic heterocycles. The standard InChI is InChI=1S/C17H20FN3O5S/c1-17(11-19,12-3-4-12)20-15(22)10-26-16(23)9-21(2)27(24,25)14-7-5-13(18)6-8-14/h5-8,12H,3-4,9-10H2,1-2H3,(H,20,22)/t17-/m1/s1. The molecule has 8 nitrogen and oxygen atoms in total. The van der Waals surface area contributed by atoms with E-state index in [0.29, 0.717) is 0 Å². The molecule has 1 amide bonds. The van der Waals surface area contributed by atoms with Gasteiger partial charge in [-0.15, -0.1) is 0 Å². The van der Waals surface area contributed by atoms with Gasteiger partial charge in [0.25, 0.3) is 5.91 Å². The third kappa shape index (κ3) is 5.24. The van der Waals surface area contributed by atoms with Crippen molar-refractivity contribution in [3.8, 4) is 6.07 Å². The molecule has 0 heterocycles. The summed E-state index contributed by atoms with van der Waals surface area (Å²) in [6.45, 7) is 0.367. The summed E-state index contributed by atoms with van der Waals surface area (Å²) in [4.78, 5) is 23.5. The van der Waals surface area contributed by atoms with Crippen LogP contribution in [-0.2, 0) is 24.3 Å². The molecule has 0 saturated heterocycles. The van der Waals surface area contributed by atoms with E-state index >= 15 is 0 Å². The van der Waals surface area contributed by atoms with Gasteiger partial charge in [-0.25, -0.2) is 12.8 Å². The van der Waals surface area contributed by atoms with Gasteiger partial charge in [0.1, 0.15) is 17.9 Å². The molecule has 1 N–H and O–H groups in total. The number of ether oxygens (including phenoxy) is 1. The van der Waals surface area contributed by atoms with E-state index in [4.69, 9.17) is 4.74 Å². The van der Waals surface area contributed by atoms with Crippen molar-refractivity contribution in [2.24, 2.45) is 5.92 Å². The molecular formula is C17H20FN3O5S. The summed E-state index contributed by atoms with van der Waals surface area (Å²) in [6.07, 6.45) is 1.69. The number of esters is 1. The number of hydrogen-bond acceptors (Lipinski definition) is 6. The van der Waals surface area contributed by atoms with Crippen LogP contribution in [0.25, 0.3) is 0 Å². The lowest BCUT2D eigenvalue weighted by molar-refractivity contribution is -0.148. The fourth-order valence-corrected chi connectivity index (χ4v) is 3.57. The topological polar surface area (TPSA) is 117 Å². The second kappa shape index (κ2) is 8.02. The Hall–Kier alpha value is -2.51. The summed E-state index contributed by atoms with van der Waals surface area (Å²) < 4.78 is 43.1. The Kier molecular flexibility index (Phi) is 6.18. The fourth-order valence-electron chi connectivity index (χ4n) is 2.45. The van der Waals surface area contributed by atoms with Crippen molar-refractivity contribution in [3.05, 3.63) is 30.1 Å². The predicted octanol–water partition coefficient (Wildman–Crippen LogP) is 0.798. The molecule has 1 aromatic rings. The Balaban J connectivity index is 1.86.